The van der Waals surface area contributed by atoms with Crippen LogP contribution in [0.25, 0.3) is 55.6 Å². The molecule has 0 unspecified atom stereocenters. The van der Waals surface area contributed by atoms with Gasteiger partial charge in [-0.25, -0.2) is 9.97 Å². The molecule has 0 atom stereocenters. The first-order chi connectivity index (χ1) is 22.0. The highest BCUT2D eigenvalue weighted by molar-refractivity contribution is 6.15. The highest BCUT2D eigenvalue weighted by Crippen LogP contribution is 2.43. The highest BCUT2D eigenvalue weighted by Gasteiger charge is 2.25. The Morgan fingerprint density at radius 3 is 1.67 bits per heavy atom. The van der Waals surface area contributed by atoms with E-state index in [4.69, 9.17) is 9.97 Å². The van der Waals surface area contributed by atoms with Crippen molar-refractivity contribution in [3.8, 4) is 33.8 Å². The Morgan fingerprint density at radius 1 is 0.500 bits per heavy atom. The molecule has 0 amide bonds. The minimum absolute atomic E-state index is 0.0411. The van der Waals surface area contributed by atoms with Crippen LogP contribution in [0.2, 0.25) is 0 Å². The molecule has 0 spiro atoms. The Kier molecular flexibility index (Phi) is 6.24. The van der Waals surface area contributed by atoms with Gasteiger partial charge < -0.3 is 4.98 Å². The van der Waals surface area contributed by atoms with E-state index in [1.165, 1.54) is 21.9 Å². The van der Waals surface area contributed by atoms with Gasteiger partial charge in [0.15, 0.2) is 0 Å². The predicted molar refractivity (Wildman–Crippen MR) is 193 cm³/mol. The zero-order valence-corrected chi connectivity index (χ0v) is 27.3. The van der Waals surface area contributed by atoms with E-state index >= 15 is 0 Å². The van der Waals surface area contributed by atoms with Crippen LogP contribution in [-0.4, -0.2) is 15.0 Å². The molecule has 4 heterocycles. The molecule has 0 aliphatic carbocycles. The van der Waals surface area contributed by atoms with E-state index < -0.39 is 0 Å². The minimum atomic E-state index is -0.0537. The molecule has 46 heavy (non-hydrogen) atoms. The number of rotatable bonds is 1. The van der Waals surface area contributed by atoms with Gasteiger partial charge >= 0.3 is 0 Å². The Bertz CT molecular complexity index is 2280. The Morgan fingerprint density at radius 2 is 1.04 bits per heavy atom. The van der Waals surface area contributed by atoms with Crippen molar-refractivity contribution in [1.82, 2.24) is 15.0 Å². The normalized spacial score (nSPS) is 13.0. The summed E-state index contributed by atoms with van der Waals surface area (Å²) in [5.41, 5.74) is 12.8. The number of nitrogens with one attached hydrogen (secondary N) is 1. The number of aromatic nitrogens is 3. The molecule has 226 valence electrons. The first-order valence-electron chi connectivity index (χ1n) is 16.1. The van der Waals surface area contributed by atoms with E-state index in [1.807, 2.05) is 0 Å². The van der Waals surface area contributed by atoms with E-state index in [-0.39, 0.29) is 10.8 Å². The quantitative estimate of drug-likeness (QED) is 0.204. The second kappa shape index (κ2) is 10.1. The first kappa shape index (κ1) is 28.3. The second-order valence-electron chi connectivity index (χ2n) is 14.5. The predicted octanol–water partition coefficient (Wildman–Crippen LogP) is 11.5. The molecule has 0 fully saturated rings. The Labute approximate surface area is 270 Å². The van der Waals surface area contributed by atoms with Crippen molar-refractivity contribution in [2.24, 2.45) is 0 Å². The third-order valence-electron chi connectivity index (χ3n) is 9.23. The van der Waals surface area contributed by atoms with Gasteiger partial charge in [-0.05, 0) is 94.8 Å². The fraction of sp³-hybridized carbons (Fsp3) is 0.190. The number of nitrogens with zero attached hydrogens (tertiary/aromatic N) is 3. The number of benzene rings is 4. The second-order valence-corrected chi connectivity index (χ2v) is 14.5. The van der Waals surface area contributed by atoms with E-state index in [2.05, 4.69) is 167 Å². The van der Waals surface area contributed by atoms with E-state index in [9.17, 15) is 0 Å². The van der Waals surface area contributed by atoms with Crippen LogP contribution >= 0.6 is 0 Å². The maximum atomic E-state index is 5.41. The lowest BCUT2D eigenvalue weighted by molar-refractivity contribution is 0.590. The molecular weight excluding hydrogens is 560 g/mol. The molecule has 1 aliphatic heterocycles. The van der Waals surface area contributed by atoms with Crippen molar-refractivity contribution in [1.29, 1.82) is 0 Å². The molecule has 8 bridgehead atoms. The summed E-state index contributed by atoms with van der Waals surface area (Å²) in [7, 11) is 0. The summed E-state index contributed by atoms with van der Waals surface area (Å²) < 4.78 is 0. The summed E-state index contributed by atoms with van der Waals surface area (Å²) in [4.78, 5) is 16.9. The molecule has 4 aromatic carbocycles. The maximum Gasteiger partial charge on any atom is 0.138 e. The van der Waals surface area contributed by atoms with Gasteiger partial charge in [0.2, 0.25) is 0 Å². The van der Waals surface area contributed by atoms with Gasteiger partial charge in [0.25, 0.3) is 0 Å². The Hall–Kier alpha value is -5.22. The molecule has 1 N–H and O–H groups in total. The standard InChI is InChI=1S/C42H38N4/c1-41(2,3)27-22-31-32-23-28(42(4,5)6)25-34-37-19-12-20-38(44-37)46(29-14-8-7-9-15-29)30-16-10-13-26(21-30)35-17-11-18-36(43-35)33(24-27)39(31)45-40(32)34/h7-25,45H,1-6H3. The van der Waals surface area contributed by atoms with Crippen molar-refractivity contribution in [3.05, 3.63) is 126 Å². The van der Waals surface area contributed by atoms with Crippen molar-refractivity contribution in [3.63, 3.8) is 0 Å². The van der Waals surface area contributed by atoms with Crippen LogP contribution in [0.1, 0.15) is 52.7 Å². The summed E-state index contributed by atoms with van der Waals surface area (Å²) in [5, 5.41) is 2.43. The SMILES string of the molecule is CC(C)(C)c1cc2c3[nH]c4c(cc(C(C)(C)C)cc4c3c1)-c1cccc(n1)N(c1ccccc1)c1cccc(c1)-c1cccc-2n1. The summed E-state index contributed by atoms with van der Waals surface area (Å²) >= 11 is 0. The maximum absolute atomic E-state index is 5.41. The number of H-pyrrole nitrogens is 1. The summed E-state index contributed by atoms with van der Waals surface area (Å²) in [6.45, 7) is 13.7. The van der Waals surface area contributed by atoms with Gasteiger partial charge in [-0.3, -0.25) is 4.90 Å². The van der Waals surface area contributed by atoms with Gasteiger partial charge in [0.05, 0.1) is 28.1 Å². The molecule has 0 radical (unpaired) electrons. The summed E-state index contributed by atoms with van der Waals surface area (Å²) in [6.07, 6.45) is 0. The van der Waals surface area contributed by atoms with E-state index in [0.717, 1.165) is 62.0 Å². The topological polar surface area (TPSA) is 44.8 Å². The molecule has 0 saturated carbocycles. The largest absolute Gasteiger partial charge is 0.353 e. The van der Waals surface area contributed by atoms with Gasteiger partial charge in [-0.2, -0.15) is 0 Å². The lowest BCUT2D eigenvalue weighted by Gasteiger charge is -2.25. The average Bonchev–Trinajstić information content (AvgIpc) is 3.42. The number of fused-ring (bicyclic) bond motifs is 10. The molecule has 4 heteroatoms. The van der Waals surface area contributed by atoms with E-state index in [0.29, 0.717) is 0 Å². The fourth-order valence-electron chi connectivity index (χ4n) is 6.61. The van der Waals surface area contributed by atoms with Gasteiger partial charge in [0, 0.05) is 38.8 Å². The van der Waals surface area contributed by atoms with Crippen LogP contribution in [0.5, 0.6) is 0 Å². The summed E-state index contributed by atoms with van der Waals surface area (Å²) in [6, 6.07) is 41.3. The minimum Gasteiger partial charge on any atom is -0.353 e. The van der Waals surface area contributed by atoms with Crippen LogP contribution in [0, 0.1) is 0 Å². The van der Waals surface area contributed by atoms with Crippen molar-refractivity contribution in [2.75, 3.05) is 4.90 Å². The number of para-hydroxylation sites is 1. The van der Waals surface area contributed by atoms with Gasteiger partial charge in [-0.15, -0.1) is 0 Å². The fourth-order valence-corrected chi connectivity index (χ4v) is 6.61. The van der Waals surface area contributed by atoms with Crippen LogP contribution in [0.4, 0.5) is 17.2 Å². The third kappa shape index (κ3) is 4.68. The van der Waals surface area contributed by atoms with Crippen LogP contribution < -0.4 is 4.90 Å². The van der Waals surface area contributed by atoms with Crippen LogP contribution in [-0.2, 0) is 10.8 Å². The zero-order valence-electron chi connectivity index (χ0n) is 27.3. The molecule has 3 aromatic heterocycles. The monoisotopic (exact) mass is 598 g/mol. The lowest BCUT2D eigenvalue weighted by Crippen LogP contribution is -2.13. The number of pyridine rings is 2. The Balaban J connectivity index is 1.55. The average molecular weight is 599 g/mol. The summed E-state index contributed by atoms with van der Waals surface area (Å²) in [5.74, 6) is 0.860. The number of anilines is 3. The molecule has 8 rings (SSSR count). The molecular formula is C42H38N4. The smallest absolute Gasteiger partial charge is 0.138 e. The zero-order chi connectivity index (χ0) is 31.8. The molecule has 7 aromatic rings. The van der Waals surface area contributed by atoms with Gasteiger partial charge in [0.1, 0.15) is 5.82 Å². The highest BCUT2D eigenvalue weighted by atomic mass is 15.2. The first-order valence-corrected chi connectivity index (χ1v) is 16.1. The number of hydrogen-bond donors (Lipinski definition) is 1. The van der Waals surface area contributed by atoms with Crippen molar-refractivity contribution < 1.29 is 0 Å². The third-order valence-corrected chi connectivity index (χ3v) is 9.23. The van der Waals surface area contributed by atoms with Crippen molar-refractivity contribution in [2.45, 2.75) is 52.4 Å². The van der Waals surface area contributed by atoms with Crippen LogP contribution in [0.15, 0.2) is 115 Å². The van der Waals surface area contributed by atoms with E-state index in [1.54, 1.807) is 0 Å². The van der Waals surface area contributed by atoms with Gasteiger partial charge in [-0.1, -0.05) is 84.0 Å². The molecule has 1 aliphatic rings. The number of aromatic amines is 1. The van der Waals surface area contributed by atoms with Crippen LogP contribution in [0.3, 0.4) is 0 Å². The van der Waals surface area contributed by atoms with Crippen molar-refractivity contribution >= 4 is 39.0 Å². The number of hydrogen-bond acceptors (Lipinski definition) is 3. The molecule has 0 saturated heterocycles. The lowest BCUT2D eigenvalue weighted by atomic mass is 9.83. The molecule has 4 nitrogen and oxygen atoms in total.